The minimum absolute atomic E-state index is 0.304. The maximum Gasteiger partial charge on any atom is 0.163 e. The zero-order valence-electron chi connectivity index (χ0n) is 10.9. The van der Waals surface area contributed by atoms with E-state index in [-0.39, 0.29) is 0 Å². The van der Waals surface area contributed by atoms with Gasteiger partial charge in [0.15, 0.2) is 5.69 Å². The number of nitrogens with one attached hydrogen (secondary N) is 1. The topological polar surface area (TPSA) is 79.4 Å². The summed E-state index contributed by atoms with van der Waals surface area (Å²) in [5, 5.41) is 19.5. The second-order valence-corrected chi connectivity index (χ2v) is 4.34. The number of rotatable bonds is 3. The first-order chi connectivity index (χ1) is 9.78. The first kappa shape index (κ1) is 12.1. The van der Waals surface area contributed by atoms with Crippen LogP contribution in [0.15, 0.2) is 36.4 Å². The Kier molecular flexibility index (Phi) is 3.01. The Morgan fingerprint density at radius 3 is 2.75 bits per heavy atom. The zero-order chi connectivity index (χ0) is 13.9. The van der Waals surface area contributed by atoms with Gasteiger partial charge in [0.25, 0.3) is 0 Å². The largest absolute Gasteiger partial charge is 0.361 e. The van der Waals surface area contributed by atoms with Crippen LogP contribution in [0.5, 0.6) is 0 Å². The number of nitriles is 1. The van der Waals surface area contributed by atoms with E-state index in [0.29, 0.717) is 18.1 Å². The van der Waals surface area contributed by atoms with Crippen LogP contribution in [0.2, 0.25) is 0 Å². The van der Waals surface area contributed by atoms with Crippen LogP contribution in [0.4, 0.5) is 5.82 Å². The maximum atomic E-state index is 8.67. The summed E-state index contributed by atoms with van der Waals surface area (Å²) < 4.78 is 2.04. The molecule has 0 fully saturated rings. The Morgan fingerprint density at radius 1 is 1.20 bits per heavy atom. The van der Waals surface area contributed by atoms with E-state index in [1.165, 1.54) is 0 Å². The number of hydrogen-bond donors (Lipinski definition) is 1. The van der Waals surface area contributed by atoms with Gasteiger partial charge in [-0.2, -0.15) is 5.26 Å². The lowest BCUT2D eigenvalue weighted by molar-refractivity contribution is 0.828. The van der Waals surface area contributed by atoms with Crippen LogP contribution in [-0.4, -0.2) is 19.7 Å². The van der Waals surface area contributed by atoms with E-state index in [1.807, 2.05) is 41.9 Å². The molecule has 3 aromatic rings. The van der Waals surface area contributed by atoms with Gasteiger partial charge in [0.1, 0.15) is 17.7 Å². The molecule has 6 heteroatoms. The van der Waals surface area contributed by atoms with E-state index in [2.05, 4.69) is 20.5 Å². The molecule has 0 aliphatic heterocycles. The third kappa shape index (κ3) is 2.17. The van der Waals surface area contributed by atoms with Crippen molar-refractivity contribution in [1.82, 2.24) is 19.7 Å². The summed E-state index contributed by atoms with van der Waals surface area (Å²) in [6, 6.07) is 13.3. The van der Waals surface area contributed by atoms with E-state index >= 15 is 0 Å². The number of nitrogens with zero attached hydrogens (tertiary/aromatic N) is 5. The number of fused-ring (bicyclic) bond motifs is 1. The fourth-order valence-corrected chi connectivity index (χ4v) is 2.01. The van der Waals surface area contributed by atoms with E-state index in [9.17, 15) is 0 Å². The third-order valence-electron chi connectivity index (χ3n) is 3.09. The number of aromatic nitrogens is 4. The van der Waals surface area contributed by atoms with Crippen molar-refractivity contribution in [1.29, 1.82) is 5.26 Å². The molecule has 0 amide bonds. The maximum absolute atomic E-state index is 8.67. The molecule has 0 unspecified atom stereocenters. The van der Waals surface area contributed by atoms with E-state index in [1.54, 1.807) is 12.1 Å². The summed E-state index contributed by atoms with van der Waals surface area (Å²) in [6.45, 7) is 0.547. The minimum atomic E-state index is 0.304. The fourth-order valence-electron chi connectivity index (χ4n) is 2.01. The number of anilines is 1. The molecule has 3 rings (SSSR count). The molecule has 98 valence electrons. The number of aryl methyl sites for hydroxylation is 1. The summed E-state index contributed by atoms with van der Waals surface area (Å²) in [7, 11) is 1.98. The second-order valence-electron chi connectivity index (χ2n) is 4.34. The Morgan fingerprint density at radius 2 is 2.05 bits per heavy atom. The Labute approximate surface area is 115 Å². The fraction of sp³-hybridized carbons (Fsp3) is 0.143. The molecule has 20 heavy (non-hydrogen) atoms. The molecule has 0 aliphatic carbocycles. The van der Waals surface area contributed by atoms with Gasteiger partial charge in [0.2, 0.25) is 0 Å². The van der Waals surface area contributed by atoms with Crippen LogP contribution in [0, 0.1) is 11.3 Å². The molecule has 1 aromatic carbocycles. The summed E-state index contributed by atoms with van der Waals surface area (Å²) in [5.74, 6) is 1.54. The zero-order valence-corrected chi connectivity index (χ0v) is 10.9. The molecule has 0 radical (unpaired) electrons. The smallest absolute Gasteiger partial charge is 0.163 e. The van der Waals surface area contributed by atoms with Gasteiger partial charge in [-0.3, -0.25) is 0 Å². The minimum Gasteiger partial charge on any atom is -0.361 e. The number of para-hydroxylation sites is 2. The van der Waals surface area contributed by atoms with Crippen LogP contribution in [-0.2, 0) is 13.6 Å². The van der Waals surface area contributed by atoms with E-state index < -0.39 is 0 Å². The monoisotopic (exact) mass is 264 g/mol. The molecule has 6 nitrogen and oxygen atoms in total. The number of benzene rings is 1. The highest BCUT2D eigenvalue weighted by Crippen LogP contribution is 2.15. The molecule has 1 N–H and O–H groups in total. The summed E-state index contributed by atoms with van der Waals surface area (Å²) >= 11 is 0. The van der Waals surface area contributed by atoms with Gasteiger partial charge in [-0.05, 0) is 24.3 Å². The Bertz CT molecular complexity index is 782. The second kappa shape index (κ2) is 4.97. The van der Waals surface area contributed by atoms with Crippen molar-refractivity contribution in [3.63, 3.8) is 0 Å². The molecular weight excluding hydrogens is 252 g/mol. The quantitative estimate of drug-likeness (QED) is 0.781. The van der Waals surface area contributed by atoms with Crippen LogP contribution < -0.4 is 5.32 Å². The van der Waals surface area contributed by atoms with Crippen LogP contribution in [0.25, 0.3) is 11.0 Å². The van der Waals surface area contributed by atoms with Crippen LogP contribution in [0.1, 0.15) is 11.5 Å². The average molecular weight is 264 g/mol. The van der Waals surface area contributed by atoms with Gasteiger partial charge in [0.05, 0.1) is 17.6 Å². The highest BCUT2D eigenvalue weighted by molar-refractivity contribution is 5.75. The van der Waals surface area contributed by atoms with Crippen molar-refractivity contribution in [2.75, 3.05) is 5.32 Å². The van der Waals surface area contributed by atoms with Gasteiger partial charge in [-0.15, -0.1) is 10.2 Å². The highest BCUT2D eigenvalue weighted by Gasteiger charge is 2.06. The van der Waals surface area contributed by atoms with Crippen LogP contribution in [0.3, 0.4) is 0 Å². The first-order valence-electron chi connectivity index (χ1n) is 6.16. The van der Waals surface area contributed by atoms with Gasteiger partial charge >= 0.3 is 0 Å². The molecule has 0 saturated heterocycles. The van der Waals surface area contributed by atoms with Crippen molar-refractivity contribution in [2.45, 2.75) is 6.54 Å². The summed E-state index contributed by atoms with van der Waals surface area (Å²) in [6.07, 6.45) is 0. The number of hydrogen-bond acceptors (Lipinski definition) is 5. The molecule has 2 aromatic heterocycles. The SMILES string of the molecule is Cn1c(CNc2ccc(C#N)nn2)nc2ccccc21. The lowest BCUT2D eigenvalue weighted by Gasteiger charge is -2.05. The van der Waals surface area contributed by atoms with E-state index in [0.717, 1.165) is 16.9 Å². The molecule has 0 spiro atoms. The van der Waals surface area contributed by atoms with Gasteiger partial charge in [0, 0.05) is 7.05 Å². The van der Waals surface area contributed by atoms with Crippen molar-refractivity contribution < 1.29 is 0 Å². The van der Waals surface area contributed by atoms with Gasteiger partial charge in [-0.25, -0.2) is 4.98 Å². The molecule has 0 aliphatic rings. The van der Waals surface area contributed by atoms with Gasteiger partial charge < -0.3 is 9.88 Å². The predicted molar refractivity (Wildman–Crippen MR) is 74.8 cm³/mol. The van der Waals surface area contributed by atoms with Crippen molar-refractivity contribution >= 4 is 16.9 Å². The Hall–Kier alpha value is -2.94. The number of imidazole rings is 1. The summed E-state index contributed by atoms with van der Waals surface area (Å²) in [4.78, 5) is 4.56. The van der Waals surface area contributed by atoms with E-state index in [4.69, 9.17) is 5.26 Å². The first-order valence-corrected chi connectivity index (χ1v) is 6.16. The molecule has 0 atom stereocenters. The lowest BCUT2D eigenvalue weighted by Crippen LogP contribution is -2.07. The molecule has 2 heterocycles. The van der Waals surface area contributed by atoms with Gasteiger partial charge in [-0.1, -0.05) is 12.1 Å². The normalized spacial score (nSPS) is 10.4. The Balaban J connectivity index is 1.79. The summed E-state index contributed by atoms with van der Waals surface area (Å²) in [5.41, 5.74) is 2.37. The third-order valence-corrected chi connectivity index (χ3v) is 3.09. The van der Waals surface area contributed by atoms with Crippen LogP contribution >= 0.6 is 0 Å². The standard InChI is InChI=1S/C14H12N6/c1-20-12-5-3-2-4-11(12)17-14(20)9-16-13-7-6-10(8-15)18-19-13/h2-7H,9H2,1H3,(H,16,19). The molecule has 0 bridgehead atoms. The van der Waals surface area contributed by atoms with Crippen molar-refractivity contribution in [2.24, 2.45) is 7.05 Å². The average Bonchev–Trinajstić information content (AvgIpc) is 2.83. The predicted octanol–water partition coefficient (Wildman–Crippen LogP) is 1.85. The lowest BCUT2D eigenvalue weighted by atomic mass is 10.3. The van der Waals surface area contributed by atoms with Crippen molar-refractivity contribution in [3.8, 4) is 6.07 Å². The molecular formula is C14H12N6. The highest BCUT2D eigenvalue weighted by atomic mass is 15.2. The molecule has 0 saturated carbocycles. The van der Waals surface area contributed by atoms with Crippen molar-refractivity contribution in [3.05, 3.63) is 47.9 Å².